The van der Waals surface area contributed by atoms with Crippen LogP contribution in [-0.4, -0.2) is 27.3 Å². The number of carbonyl (C=O) groups is 1. The fourth-order valence-corrected chi connectivity index (χ4v) is 3.29. The summed E-state index contributed by atoms with van der Waals surface area (Å²) in [6.07, 6.45) is 4.34. The van der Waals surface area contributed by atoms with Crippen molar-refractivity contribution in [3.05, 3.63) is 82.1 Å². The topological polar surface area (TPSA) is 46.1 Å². The van der Waals surface area contributed by atoms with Crippen LogP contribution >= 0.6 is 11.3 Å². The number of benzene rings is 1. The number of aromatic nitrogens is 2. The highest BCUT2D eigenvalue weighted by atomic mass is 32.1. The first kappa shape index (κ1) is 16.3. The summed E-state index contributed by atoms with van der Waals surface area (Å²) in [5.74, 6) is 0.0442. The van der Waals surface area contributed by atoms with Gasteiger partial charge in [0, 0.05) is 25.5 Å². The van der Waals surface area contributed by atoms with Crippen molar-refractivity contribution in [2.45, 2.75) is 19.9 Å². The van der Waals surface area contributed by atoms with Crippen molar-refractivity contribution in [2.24, 2.45) is 0 Å². The number of carbonyl (C=O) groups excluding carboxylic acids is 1. The van der Waals surface area contributed by atoms with Crippen molar-refractivity contribution in [1.29, 1.82) is 0 Å². The Morgan fingerprint density at radius 2 is 1.83 bits per heavy atom. The van der Waals surface area contributed by atoms with Crippen molar-refractivity contribution >= 4 is 17.2 Å². The van der Waals surface area contributed by atoms with Crippen molar-refractivity contribution in [3.8, 4) is 0 Å². The molecule has 1 aromatic carbocycles. The standard InChI is InChI=1S/C19H19N3OS/c1-15-18(24-14-21-15)19(23)22(13-17-7-10-20-11-8-17)12-9-16-5-3-2-4-6-16/h2-8,10-11,14H,9,12-13H2,1H3. The van der Waals surface area contributed by atoms with Gasteiger partial charge in [-0.15, -0.1) is 11.3 Å². The molecule has 0 aliphatic rings. The maximum Gasteiger partial charge on any atom is 0.266 e. The van der Waals surface area contributed by atoms with E-state index in [1.54, 1.807) is 17.9 Å². The lowest BCUT2D eigenvalue weighted by Crippen LogP contribution is -2.32. The van der Waals surface area contributed by atoms with E-state index < -0.39 is 0 Å². The molecule has 0 bridgehead atoms. The maximum atomic E-state index is 12.9. The van der Waals surface area contributed by atoms with Gasteiger partial charge in [-0.3, -0.25) is 9.78 Å². The molecule has 0 spiro atoms. The van der Waals surface area contributed by atoms with E-state index >= 15 is 0 Å². The zero-order chi connectivity index (χ0) is 16.8. The Morgan fingerprint density at radius 3 is 2.50 bits per heavy atom. The fraction of sp³-hybridized carbons (Fsp3) is 0.211. The number of thiazole rings is 1. The quantitative estimate of drug-likeness (QED) is 0.688. The molecule has 0 atom stereocenters. The molecule has 0 radical (unpaired) electrons. The molecular weight excluding hydrogens is 318 g/mol. The molecule has 24 heavy (non-hydrogen) atoms. The van der Waals surface area contributed by atoms with Gasteiger partial charge in [-0.2, -0.15) is 0 Å². The van der Waals surface area contributed by atoms with E-state index in [2.05, 4.69) is 22.1 Å². The van der Waals surface area contributed by atoms with E-state index in [0.29, 0.717) is 13.1 Å². The first-order valence-corrected chi connectivity index (χ1v) is 8.74. The molecule has 2 heterocycles. The van der Waals surface area contributed by atoms with Gasteiger partial charge in [-0.1, -0.05) is 30.3 Å². The van der Waals surface area contributed by atoms with Gasteiger partial charge >= 0.3 is 0 Å². The van der Waals surface area contributed by atoms with Crippen LogP contribution in [-0.2, 0) is 13.0 Å². The molecule has 0 aliphatic carbocycles. The summed E-state index contributed by atoms with van der Waals surface area (Å²) in [4.78, 5) is 23.8. The number of amides is 1. The molecule has 1 amide bonds. The molecule has 5 heteroatoms. The monoisotopic (exact) mass is 337 g/mol. The van der Waals surface area contributed by atoms with E-state index in [1.165, 1.54) is 16.9 Å². The molecule has 122 valence electrons. The predicted molar refractivity (Wildman–Crippen MR) is 96.0 cm³/mol. The van der Waals surface area contributed by atoms with Crippen LogP contribution in [0.2, 0.25) is 0 Å². The summed E-state index contributed by atoms with van der Waals surface area (Å²) in [5, 5.41) is 0. The molecule has 0 saturated heterocycles. The van der Waals surface area contributed by atoms with Crippen LogP contribution in [0.25, 0.3) is 0 Å². The van der Waals surface area contributed by atoms with Gasteiger partial charge in [0.2, 0.25) is 0 Å². The highest BCUT2D eigenvalue weighted by Crippen LogP contribution is 2.17. The minimum absolute atomic E-state index is 0.0442. The van der Waals surface area contributed by atoms with Gasteiger partial charge in [0.25, 0.3) is 5.91 Å². The smallest absolute Gasteiger partial charge is 0.266 e. The minimum atomic E-state index is 0.0442. The van der Waals surface area contributed by atoms with Crippen LogP contribution in [0.5, 0.6) is 0 Å². The SMILES string of the molecule is Cc1ncsc1C(=O)N(CCc1ccccc1)Cc1ccncc1. The molecule has 0 fully saturated rings. The number of pyridine rings is 1. The van der Waals surface area contributed by atoms with E-state index in [9.17, 15) is 4.79 Å². The maximum absolute atomic E-state index is 12.9. The number of hydrogen-bond acceptors (Lipinski definition) is 4. The van der Waals surface area contributed by atoms with Crippen LogP contribution in [0.3, 0.4) is 0 Å². The Kier molecular flexibility index (Phi) is 5.33. The second-order valence-corrected chi connectivity index (χ2v) is 6.44. The molecule has 0 unspecified atom stereocenters. The number of aryl methyl sites for hydroxylation is 1. The van der Waals surface area contributed by atoms with E-state index in [4.69, 9.17) is 0 Å². The summed E-state index contributed by atoms with van der Waals surface area (Å²) in [7, 11) is 0. The summed E-state index contributed by atoms with van der Waals surface area (Å²) < 4.78 is 0. The lowest BCUT2D eigenvalue weighted by atomic mass is 10.1. The third kappa shape index (κ3) is 4.06. The summed E-state index contributed by atoms with van der Waals surface area (Å²) in [6, 6.07) is 14.1. The molecule has 0 saturated carbocycles. The second-order valence-electron chi connectivity index (χ2n) is 5.58. The van der Waals surface area contributed by atoms with Crippen molar-refractivity contribution in [2.75, 3.05) is 6.54 Å². The average molecular weight is 337 g/mol. The van der Waals surface area contributed by atoms with Gasteiger partial charge < -0.3 is 4.90 Å². The van der Waals surface area contributed by atoms with Crippen LogP contribution in [0.4, 0.5) is 0 Å². The van der Waals surface area contributed by atoms with E-state index in [0.717, 1.165) is 22.6 Å². The Bertz CT molecular complexity index is 787. The molecule has 0 aliphatic heterocycles. The molecule has 3 aromatic rings. The molecule has 0 N–H and O–H groups in total. The Balaban J connectivity index is 1.78. The Morgan fingerprint density at radius 1 is 1.08 bits per heavy atom. The van der Waals surface area contributed by atoms with Crippen LogP contribution in [0.1, 0.15) is 26.5 Å². The van der Waals surface area contributed by atoms with Crippen LogP contribution in [0, 0.1) is 6.92 Å². The third-order valence-electron chi connectivity index (χ3n) is 3.86. The fourth-order valence-electron chi connectivity index (χ4n) is 2.52. The minimum Gasteiger partial charge on any atom is -0.333 e. The largest absolute Gasteiger partial charge is 0.333 e. The highest BCUT2D eigenvalue weighted by molar-refractivity contribution is 7.11. The molecule has 2 aromatic heterocycles. The van der Waals surface area contributed by atoms with E-state index in [-0.39, 0.29) is 5.91 Å². The molecule has 3 rings (SSSR count). The lowest BCUT2D eigenvalue weighted by molar-refractivity contribution is 0.0749. The number of rotatable bonds is 6. The average Bonchev–Trinajstić information content (AvgIpc) is 3.06. The van der Waals surface area contributed by atoms with Crippen molar-refractivity contribution in [1.82, 2.24) is 14.9 Å². The van der Waals surface area contributed by atoms with Crippen LogP contribution in [0.15, 0.2) is 60.4 Å². The first-order valence-electron chi connectivity index (χ1n) is 7.86. The van der Waals surface area contributed by atoms with Gasteiger partial charge in [0.05, 0.1) is 11.2 Å². The summed E-state index contributed by atoms with van der Waals surface area (Å²) in [5.41, 5.74) is 4.83. The number of hydrogen-bond donors (Lipinski definition) is 0. The normalized spacial score (nSPS) is 10.5. The first-order chi connectivity index (χ1) is 11.7. The zero-order valence-electron chi connectivity index (χ0n) is 13.6. The Labute approximate surface area is 145 Å². The van der Waals surface area contributed by atoms with Crippen molar-refractivity contribution in [3.63, 3.8) is 0 Å². The Hall–Kier alpha value is -2.53. The van der Waals surface area contributed by atoms with Gasteiger partial charge in [-0.05, 0) is 36.6 Å². The molecule has 4 nitrogen and oxygen atoms in total. The van der Waals surface area contributed by atoms with E-state index in [1.807, 2.05) is 42.2 Å². The third-order valence-corrected chi connectivity index (χ3v) is 4.78. The highest BCUT2D eigenvalue weighted by Gasteiger charge is 2.20. The van der Waals surface area contributed by atoms with Gasteiger partial charge in [-0.25, -0.2) is 4.98 Å². The predicted octanol–water partition coefficient (Wildman–Crippen LogP) is 3.73. The van der Waals surface area contributed by atoms with Gasteiger partial charge in [0.1, 0.15) is 4.88 Å². The van der Waals surface area contributed by atoms with Gasteiger partial charge in [0.15, 0.2) is 0 Å². The second kappa shape index (κ2) is 7.84. The summed E-state index contributed by atoms with van der Waals surface area (Å²) >= 11 is 1.40. The number of nitrogens with zero attached hydrogens (tertiary/aromatic N) is 3. The van der Waals surface area contributed by atoms with Crippen molar-refractivity contribution < 1.29 is 4.79 Å². The summed E-state index contributed by atoms with van der Waals surface area (Å²) in [6.45, 7) is 3.12. The molecular formula is C19H19N3OS. The lowest BCUT2D eigenvalue weighted by Gasteiger charge is -2.22. The zero-order valence-corrected chi connectivity index (χ0v) is 14.4. The van der Waals surface area contributed by atoms with Crippen LogP contribution < -0.4 is 0 Å².